The van der Waals surface area contributed by atoms with E-state index in [-0.39, 0.29) is 0 Å². The van der Waals surface area contributed by atoms with E-state index in [1.807, 2.05) is 31.2 Å². The largest absolute Gasteiger partial charge is 0.490 e. The van der Waals surface area contributed by atoms with Crippen molar-refractivity contribution in [2.75, 3.05) is 33.4 Å². The van der Waals surface area contributed by atoms with Gasteiger partial charge in [0.2, 0.25) is 0 Å². The molecule has 0 bridgehead atoms. The zero-order valence-corrected chi connectivity index (χ0v) is 13.9. The number of ether oxygens (including phenoxy) is 2. The third-order valence-electron chi connectivity index (χ3n) is 3.63. The summed E-state index contributed by atoms with van der Waals surface area (Å²) in [5, 5.41) is 0. The Morgan fingerprint density at radius 2 is 1.85 bits per heavy atom. The van der Waals surface area contributed by atoms with Gasteiger partial charge in [0.25, 0.3) is 0 Å². The smallest absolute Gasteiger partial charge is 0.161 e. The van der Waals surface area contributed by atoms with E-state index in [4.69, 9.17) is 9.47 Å². The summed E-state index contributed by atoms with van der Waals surface area (Å²) in [7, 11) is 2.17. The van der Waals surface area contributed by atoms with Crippen molar-refractivity contribution in [3.8, 4) is 11.5 Å². The summed E-state index contributed by atoms with van der Waals surface area (Å²) in [6.07, 6.45) is 2.61. The lowest BCUT2D eigenvalue weighted by atomic mass is 9.85. The van der Waals surface area contributed by atoms with Crippen molar-refractivity contribution in [3.05, 3.63) is 24.3 Å². The molecule has 1 fully saturated rings. The van der Waals surface area contributed by atoms with Crippen molar-refractivity contribution in [3.63, 3.8) is 0 Å². The quantitative estimate of drug-likeness (QED) is 0.674. The average molecular weight is 342 g/mol. The van der Waals surface area contributed by atoms with Crippen molar-refractivity contribution in [1.29, 1.82) is 0 Å². The molecule has 0 saturated heterocycles. The van der Waals surface area contributed by atoms with Crippen LogP contribution in [0.1, 0.15) is 19.8 Å². The molecule has 0 heterocycles. The summed E-state index contributed by atoms with van der Waals surface area (Å²) in [5.74, 6) is 2.52. The molecule has 0 amide bonds. The molecule has 20 heavy (non-hydrogen) atoms. The van der Waals surface area contributed by atoms with Crippen LogP contribution < -0.4 is 9.47 Å². The Kier molecular flexibility index (Phi) is 6.17. The maximum atomic E-state index is 5.84. The molecule has 3 nitrogen and oxygen atoms in total. The first-order valence-electron chi connectivity index (χ1n) is 7.36. The van der Waals surface area contributed by atoms with Crippen LogP contribution >= 0.6 is 15.9 Å². The highest BCUT2D eigenvalue weighted by Crippen LogP contribution is 2.33. The molecule has 0 aromatic heterocycles. The van der Waals surface area contributed by atoms with Crippen molar-refractivity contribution in [1.82, 2.24) is 4.90 Å². The minimum absolute atomic E-state index is 0.662. The topological polar surface area (TPSA) is 21.7 Å². The molecule has 0 unspecified atom stereocenters. The lowest BCUT2D eigenvalue weighted by molar-refractivity contribution is 0.179. The molecular weight excluding hydrogens is 318 g/mol. The molecule has 112 valence electrons. The molecule has 2 rings (SSSR count). The van der Waals surface area contributed by atoms with Crippen LogP contribution in [0.5, 0.6) is 11.5 Å². The van der Waals surface area contributed by atoms with Gasteiger partial charge in [-0.1, -0.05) is 28.1 Å². The molecule has 1 aliphatic rings. The maximum Gasteiger partial charge on any atom is 0.161 e. The van der Waals surface area contributed by atoms with E-state index >= 15 is 0 Å². The van der Waals surface area contributed by atoms with Gasteiger partial charge in [-0.25, -0.2) is 0 Å². The number of likely N-dealkylation sites (N-methyl/N-ethyl adjacent to an activating group) is 1. The van der Waals surface area contributed by atoms with Gasteiger partial charge in [0.1, 0.15) is 6.61 Å². The van der Waals surface area contributed by atoms with Crippen LogP contribution in [-0.4, -0.2) is 43.1 Å². The second-order valence-electron chi connectivity index (χ2n) is 5.43. The first kappa shape index (κ1) is 15.6. The van der Waals surface area contributed by atoms with E-state index in [9.17, 15) is 0 Å². The second-order valence-corrected chi connectivity index (χ2v) is 6.72. The Bertz CT molecular complexity index is 407. The Labute approximate surface area is 130 Å². The van der Waals surface area contributed by atoms with Crippen LogP contribution in [0, 0.1) is 5.92 Å². The standard InChI is InChI=1S/C16H24BrNO2/c1-3-19-15-6-4-5-7-16(15)20-9-8-18(2)12-13-10-14(17)11-13/h4-7,13-14H,3,8-12H2,1-2H3. The number of nitrogens with zero attached hydrogens (tertiary/aromatic N) is 1. The summed E-state index contributed by atoms with van der Waals surface area (Å²) in [5.41, 5.74) is 0. The van der Waals surface area contributed by atoms with Gasteiger partial charge in [-0.15, -0.1) is 0 Å². The SMILES string of the molecule is CCOc1ccccc1OCCN(C)CC1CC(Br)C1. The molecule has 0 spiro atoms. The summed E-state index contributed by atoms with van der Waals surface area (Å²) in [4.78, 5) is 3.10. The molecule has 0 aliphatic heterocycles. The summed E-state index contributed by atoms with van der Waals surface area (Å²) >= 11 is 3.64. The molecule has 4 heteroatoms. The van der Waals surface area contributed by atoms with E-state index in [2.05, 4.69) is 27.9 Å². The lowest BCUT2D eigenvalue weighted by Crippen LogP contribution is -2.36. The number of para-hydroxylation sites is 2. The van der Waals surface area contributed by atoms with Gasteiger partial charge in [0.05, 0.1) is 6.61 Å². The minimum Gasteiger partial charge on any atom is -0.490 e. The third-order valence-corrected chi connectivity index (χ3v) is 4.38. The highest BCUT2D eigenvalue weighted by atomic mass is 79.9. The van der Waals surface area contributed by atoms with Crippen LogP contribution in [-0.2, 0) is 0 Å². The number of alkyl halides is 1. The monoisotopic (exact) mass is 341 g/mol. The van der Waals surface area contributed by atoms with Gasteiger partial charge < -0.3 is 14.4 Å². The predicted octanol–water partition coefficient (Wildman–Crippen LogP) is 3.57. The highest BCUT2D eigenvalue weighted by Gasteiger charge is 2.27. The normalized spacial score (nSPS) is 21.6. The van der Waals surface area contributed by atoms with Gasteiger partial charge in [0.15, 0.2) is 11.5 Å². The third kappa shape index (κ3) is 4.67. The van der Waals surface area contributed by atoms with Crippen LogP contribution in [0.2, 0.25) is 0 Å². The number of hydrogen-bond donors (Lipinski definition) is 0. The second kappa shape index (κ2) is 7.89. The zero-order valence-electron chi connectivity index (χ0n) is 12.3. The molecule has 1 aromatic rings. The minimum atomic E-state index is 0.662. The van der Waals surface area contributed by atoms with Crippen LogP contribution in [0.25, 0.3) is 0 Å². The van der Waals surface area contributed by atoms with Crippen molar-refractivity contribution < 1.29 is 9.47 Å². The Hall–Kier alpha value is -0.740. The van der Waals surface area contributed by atoms with Crippen molar-refractivity contribution in [2.24, 2.45) is 5.92 Å². The molecule has 1 saturated carbocycles. The Balaban J connectivity index is 1.69. The summed E-state index contributed by atoms with van der Waals surface area (Å²) < 4.78 is 11.4. The molecule has 0 atom stereocenters. The van der Waals surface area contributed by atoms with Gasteiger partial charge in [-0.3, -0.25) is 0 Å². The first-order valence-corrected chi connectivity index (χ1v) is 8.27. The van der Waals surface area contributed by atoms with Gasteiger partial charge in [-0.2, -0.15) is 0 Å². The lowest BCUT2D eigenvalue weighted by Gasteiger charge is -2.34. The fraction of sp³-hybridized carbons (Fsp3) is 0.625. The van der Waals surface area contributed by atoms with E-state index in [1.54, 1.807) is 0 Å². The Morgan fingerprint density at radius 3 is 2.45 bits per heavy atom. The first-order chi connectivity index (χ1) is 9.69. The molecular formula is C16H24BrNO2. The van der Waals surface area contributed by atoms with Crippen LogP contribution in [0.15, 0.2) is 24.3 Å². The summed E-state index contributed by atoms with van der Waals surface area (Å²) in [6, 6.07) is 7.86. The van der Waals surface area contributed by atoms with E-state index in [0.29, 0.717) is 13.2 Å². The highest BCUT2D eigenvalue weighted by molar-refractivity contribution is 9.09. The number of hydrogen-bond acceptors (Lipinski definition) is 3. The Morgan fingerprint density at radius 1 is 1.20 bits per heavy atom. The van der Waals surface area contributed by atoms with E-state index in [0.717, 1.165) is 28.8 Å². The zero-order chi connectivity index (χ0) is 14.4. The van der Waals surface area contributed by atoms with E-state index < -0.39 is 0 Å². The molecule has 0 radical (unpaired) electrons. The molecule has 0 N–H and O–H groups in total. The van der Waals surface area contributed by atoms with Crippen LogP contribution in [0.4, 0.5) is 0 Å². The van der Waals surface area contributed by atoms with Crippen LogP contribution in [0.3, 0.4) is 0 Å². The number of benzene rings is 1. The maximum absolute atomic E-state index is 5.84. The molecule has 1 aliphatic carbocycles. The number of rotatable bonds is 8. The fourth-order valence-corrected chi connectivity index (χ4v) is 3.55. The van der Waals surface area contributed by atoms with Crippen molar-refractivity contribution in [2.45, 2.75) is 24.6 Å². The average Bonchev–Trinajstić information content (AvgIpc) is 2.39. The fourth-order valence-electron chi connectivity index (χ4n) is 2.49. The van der Waals surface area contributed by atoms with E-state index in [1.165, 1.54) is 19.4 Å². The van der Waals surface area contributed by atoms with Gasteiger partial charge in [0, 0.05) is 17.9 Å². The number of halogens is 1. The molecule has 1 aromatic carbocycles. The summed E-state index contributed by atoms with van der Waals surface area (Å²) in [6.45, 7) is 5.46. The van der Waals surface area contributed by atoms with Crippen molar-refractivity contribution >= 4 is 15.9 Å². The van der Waals surface area contributed by atoms with Gasteiger partial charge in [-0.05, 0) is 44.9 Å². The van der Waals surface area contributed by atoms with Gasteiger partial charge >= 0.3 is 0 Å². The predicted molar refractivity (Wildman–Crippen MR) is 86.0 cm³/mol.